The minimum Gasteiger partial charge on any atom is -0.352 e. The van der Waals surface area contributed by atoms with Gasteiger partial charge >= 0.3 is 6.03 Å². The number of fused-ring (bicyclic) bond motifs is 1. The summed E-state index contributed by atoms with van der Waals surface area (Å²) >= 11 is 0. The van der Waals surface area contributed by atoms with Crippen molar-refractivity contribution < 1.29 is 9.59 Å². The maximum atomic E-state index is 12.4. The summed E-state index contributed by atoms with van der Waals surface area (Å²) in [5.41, 5.74) is 3.62. The van der Waals surface area contributed by atoms with Crippen LogP contribution in [-0.2, 0) is 24.2 Å². The predicted octanol–water partition coefficient (Wildman–Crippen LogP) is 1.58. The monoisotopic (exact) mass is 330 g/mol. The van der Waals surface area contributed by atoms with Crippen LogP contribution in [0.5, 0.6) is 0 Å². The van der Waals surface area contributed by atoms with Crippen LogP contribution in [0.4, 0.5) is 4.79 Å². The fourth-order valence-corrected chi connectivity index (χ4v) is 3.52. The Hall–Kier alpha value is -2.11. The zero-order valence-corrected chi connectivity index (χ0v) is 14.5. The van der Waals surface area contributed by atoms with E-state index in [-0.39, 0.29) is 17.9 Å². The number of urea groups is 1. The average Bonchev–Trinajstić information content (AvgIpc) is 3.06. The van der Waals surface area contributed by atoms with Gasteiger partial charge in [0.2, 0.25) is 5.91 Å². The molecule has 0 atom stereocenters. The number of carbonyl (C=O) groups excluding carboxylic acids is 2. The molecule has 1 N–H and O–H groups in total. The smallest absolute Gasteiger partial charge is 0.319 e. The molecule has 0 aromatic carbocycles. The van der Waals surface area contributed by atoms with Gasteiger partial charge in [-0.25, -0.2) is 4.79 Å². The minimum absolute atomic E-state index is 0.00130. The molecule has 3 rings (SSSR count). The first-order valence-electron chi connectivity index (χ1n) is 8.75. The van der Waals surface area contributed by atoms with Gasteiger partial charge in [0.25, 0.3) is 0 Å². The number of hydrogen-bond acceptors (Lipinski definition) is 3. The van der Waals surface area contributed by atoms with Crippen molar-refractivity contribution >= 4 is 11.9 Å². The second-order valence-corrected chi connectivity index (χ2v) is 6.96. The summed E-state index contributed by atoms with van der Waals surface area (Å²) in [6, 6.07) is 2.20. The van der Waals surface area contributed by atoms with E-state index in [0.717, 1.165) is 31.2 Å². The van der Waals surface area contributed by atoms with Crippen molar-refractivity contribution in [2.75, 3.05) is 27.2 Å². The molecule has 6 heteroatoms. The van der Waals surface area contributed by atoms with Gasteiger partial charge in [-0.3, -0.25) is 9.78 Å². The highest BCUT2D eigenvalue weighted by Gasteiger charge is 2.27. The van der Waals surface area contributed by atoms with E-state index in [1.165, 1.54) is 17.7 Å². The molecule has 1 aromatic rings. The van der Waals surface area contributed by atoms with E-state index in [1.807, 2.05) is 11.1 Å². The fraction of sp³-hybridized carbons (Fsp3) is 0.611. The molecule has 0 spiro atoms. The SMILES string of the molecule is CN(C)C(=O)N1CCC(C(=O)NCc2cnc3c(c2)CCC3)CC1. The van der Waals surface area contributed by atoms with E-state index in [2.05, 4.69) is 16.4 Å². The third-order valence-corrected chi connectivity index (χ3v) is 4.96. The number of aromatic nitrogens is 1. The Morgan fingerprint density at radius 3 is 2.75 bits per heavy atom. The first-order valence-corrected chi connectivity index (χ1v) is 8.75. The third kappa shape index (κ3) is 3.68. The molecule has 130 valence electrons. The van der Waals surface area contributed by atoms with E-state index in [9.17, 15) is 9.59 Å². The molecule has 1 fully saturated rings. The molecule has 24 heavy (non-hydrogen) atoms. The predicted molar refractivity (Wildman–Crippen MR) is 91.5 cm³/mol. The molecule has 0 bridgehead atoms. The van der Waals surface area contributed by atoms with E-state index in [1.54, 1.807) is 19.0 Å². The normalized spacial score (nSPS) is 17.5. The Kier molecular flexibility index (Phi) is 5.02. The van der Waals surface area contributed by atoms with Gasteiger partial charge in [-0.15, -0.1) is 0 Å². The lowest BCUT2D eigenvalue weighted by Crippen LogP contribution is -2.46. The highest BCUT2D eigenvalue weighted by Crippen LogP contribution is 2.21. The van der Waals surface area contributed by atoms with Gasteiger partial charge in [0.1, 0.15) is 0 Å². The molecule has 1 aliphatic heterocycles. The molecule has 0 saturated carbocycles. The summed E-state index contributed by atoms with van der Waals surface area (Å²) in [7, 11) is 3.51. The topological polar surface area (TPSA) is 65.5 Å². The summed E-state index contributed by atoms with van der Waals surface area (Å²) in [6.07, 6.45) is 6.70. The molecule has 0 unspecified atom stereocenters. The Morgan fingerprint density at radius 1 is 1.29 bits per heavy atom. The summed E-state index contributed by atoms with van der Waals surface area (Å²) in [4.78, 5) is 32.2. The molecule has 1 aliphatic carbocycles. The number of amides is 3. The first kappa shape index (κ1) is 16.7. The highest BCUT2D eigenvalue weighted by atomic mass is 16.2. The van der Waals surface area contributed by atoms with Crippen molar-refractivity contribution in [2.45, 2.75) is 38.6 Å². The van der Waals surface area contributed by atoms with Crippen LogP contribution in [0, 0.1) is 5.92 Å². The summed E-state index contributed by atoms with van der Waals surface area (Å²) in [6.45, 7) is 1.83. The van der Waals surface area contributed by atoms with Crippen molar-refractivity contribution in [1.82, 2.24) is 20.1 Å². The zero-order chi connectivity index (χ0) is 17.1. The van der Waals surface area contributed by atoms with Crippen molar-refractivity contribution in [3.63, 3.8) is 0 Å². The van der Waals surface area contributed by atoms with Crippen LogP contribution >= 0.6 is 0 Å². The molecule has 6 nitrogen and oxygen atoms in total. The largest absolute Gasteiger partial charge is 0.352 e. The van der Waals surface area contributed by atoms with E-state index in [0.29, 0.717) is 19.6 Å². The zero-order valence-electron chi connectivity index (χ0n) is 14.5. The van der Waals surface area contributed by atoms with Crippen LogP contribution in [0.15, 0.2) is 12.3 Å². The average molecular weight is 330 g/mol. The molecule has 2 heterocycles. The number of nitrogens with one attached hydrogen (secondary N) is 1. The highest BCUT2D eigenvalue weighted by molar-refractivity contribution is 5.79. The van der Waals surface area contributed by atoms with E-state index in [4.69, 9.17) is 0 Å². The standard InChI is InChI=1S/C18H26N4O2/c1-21(2)18(24)22-8-6-14(7-9-22)17(23)20-12-13-10-15-4-3-5-16(15)19-11-13/h10-11,14H,3-9,12H2,1-2H3,(H,20,23). The van der Waals surface area contributed by atoms with Crippen LogP contribution in [0.1, 0.15) is 36.1 Å². The Bertz CT molecular complexity index is 621. The molecular formula is C18H26N4O2. The summed E-state index contributed by atoms with van der Waals surface area (Å²) < 4.78 is 0. The first-order chi connectivity index (χ1) is 11.5. The third-order valence-electron chi connectivity index (χ3n) is 4.96. The molecule has 1 saturated heterocycles. The number of carbonyl (C=O) groups is 2. The van der Waals surface area contributed by atoms with E-state index >= 15 is 0 Å². The number of pyridine rings is 1. The number of aryl methyl sites for hydroxylation is 2. The lowest BCUT2D eigenvalue weighted by molar-refractivity contribution is -0.126. The number of nitrogens with zero attached hydrogens (tertiary/aromatic N) is 3. The number of hydrogen-bond donors (Lipinski definition) is 1. The molecule has 3 amide bonds. The maximum absolute atomic E-state index is 12.4. The minimum atomic E-state index is -0.00130. The number of rotatable bonds is 3. The van der Waals surface area contributed by atoms with Gasteiger partial charge in [0.15, 0.2) is 0 Å². The molecular weight excluding hydrogens is 304 g/mol. The van der Waals surface area contributed by atoms with Crippen molar-refractivity contribution in [3.8, 4) is 0 Å². The maximum Gasteiger partial charge on any atom is 0.319 e. The molecule has 2 aliphatic rings. The lowest BCUT2D eigenvalue weighted by atomic mass is 9.96. The van der Waals surface area contributed by atoms with Crippen LogP contribution in [0.25, 0.3) is 0 Å². The lowest BCUT2D eigenvalue weighted by Gasteiger charge is -2.33. The van der Waals surface area contributed by atoms with E-state index < -0.39 is 0 Å². The van der Waals surface area contributed by atoms with Gasteiger partial charge < -0.3 is 15.1 Å². The fourth-order valence-electron chi connectivity index (χ4n) is 3.52. The van der Waals surface area contributed by atoms with Gasteiger partial charge in [-0.05, 0) is 43.2 Å². The Morgan fingerprint density at radius 2 is 2.04 bits per heavy atom. The molecule has 1 aromatic heterocycles. The Labute approximate surface area is 143 Å². The van der Waals surface area contributed by atoms with Gasteiger partial charge in [0.05, 0.1) is 0 Å². The van der Waals surface area contributed by atoms with Crippen LogP contribution < -0.4 is 5.32 Å². The van der Waals surface area contributed by atoms with Crippen molar-refractivity contribution in [2.24, 2.45) is 5.92 Å². The number of likely N-dealkylation sites (tertiary alicyclic amines) is 1. The van der Waals surface area contributed by atoms with Crippen LogP contribution in [0.2, 0.25) is 0 Å². The quantitative estimate of drug-likeness (QED) is 0.915. The van der Waals surface area contributed by atoms with Crippen molar-refractivity contribution in [3.05, 3.63) is 29.1 Å². The second-order valence-electron chi connectivity index (χ2n) is 6.96. The summed E-state index contributed by atoms with van der Waals surface area (Å²) in [5.74, 6) is 0.0889. The van der Waals surface area contributed by atoms with Gasteiger partial charge in [-0.1, -0.05) is 6.07 Å². The van der Waals surface area contributed by atoms with Gasteiger partial charge in [0, 0.05) is 51.5 Å². The van der Waals surface area contributed by atoms with Crippen LogP contribution in [0.3, 0.4) is 0 Å². The Balaban J connectivity index is 1.47. The number of piperidine rings is 1. The van der Waals surface area contributed by atoms with Gasteiger partial charge in [-0.2, -0.15) is 0 Å². The summed E-state index contributed by atoms with van der Waals surface area (Å²) in [5, 5.41) is 3.03. The molecule has 0 radical (unpaired) electrons. The van der Waals surface area contributed by atoms with Crippen molar-refractivity contribution in [1.29, 1.82) is 0 Å². The second kappa shape index (κ2) is 7.20. The van der Waals surface area contributed by atoms with Crippen LogP contribution in [-0.4, -0.2) is 53.9 Å².